The van der Waals surface area contributed by atoms with E-state index in [-0.39, 0.29) is 23.3 Å². The lowest BCUT2D eigenvalue weighted by Crippen LogP contribution is -2.82. The summed E-state index contributed by atoms with van der Waals surface area (Å²) >= 11 is 0. The normalized spacial score (nSPS) is 34.5. The zero-order valence-electron chi connectivity index (χ0n) is 12.8. The van der Waals surface area contributed by atoms with Crippen molar-refractivity contribution in [2.24, 2.45) is 17.1 Å². The zero-order chi connectivity index (χ0) is 15.0. The minimum atomic E-state index is -0.843. The zero-order valence-corrected chi connectivity index (χ0v) is 12.8. The molecular formula is C16H26N2O2. The minimum absolute atomic E-state index is 0.00551. The van der Waals surface area contributed by atoms with Gasteiger partial charge in [0.15, 0.2) is 0 Å². The molecule has 20 heavy (non-hydrogen) atoms. The number of hydrogen-bond donors (Lipinski definition) is 1. The van der Waals surface area contributed by atoms with Crippen LogP contribution in [0.5, 0.6) is 0 Å². The van der Waals surface area contributed by atoms with Crippen molar-refractivity contribution in [3.05, 3.63) is 0 Å². The van der Waals surface area contributed by atoms with Crippen molar-refractivity contribution in [3.8, 4) is 12.3 Å². The molecule has 3 unspecified atom stereocenters. The molecule has 0 aromatic carbocycles. The average molecular weight is 278 g/mol. The second kappa shape index (κ2) is 5.38. The first-order chi connectivity index (χ1) is 9.41. The molecule has 0 bridgehead atoms. The Hall–Kier alpha value is -1.05. The third kappa shape index (κ3) is 1.96. The van der Waals surface area contributed by atoms with E-state index in [0.717, 1.165) is 25.9 Å². The van der Waals surface area contributed by atoms with Crippen LogP contribution < -0.4 is 5.73 Å². The number of hydrogen-bond acceptors (Lipinski definition) is 3. The van der Waals surface area contributed by atoms with Gasteiger partial charge in [0.1, 0.15) is 5.54 Å². The third-order valence-corrected chi connectivity index (χ3v) is 5.10. The molecular weight excluding hydrogens is 252 g/mol. The van der Waals surface area contributed by atoms with Crippen molar-refractivity contribution < 1.29 is 9.53 Å². The molecule has 1 aliphatic carbocycles. The monoisotopic (exact) mass is 278 g/mol. The van der Waals surface area contributed by atoms with E-state index in [0.29, 0.717) is 13.1 Å². The number of carbonyl (C=O) groups is 1. The fourth-order valence-electron chi connectivity index (χ4n) is 3.90. The Morgan fingerprint density at radius 3 is 2.85 bits per heavy atom. The van der Waals surface area contributed by atoms with Crippen LogP contribution in [0.3, 0.4) is 0 Å². The van der Waals surface area contributed by atoms with E-state index < -0.39 is 5.54 Å². The largest absolute Gasteiger partial charge is 0.377 e. The molecule has 1 saturated heterocycles. The van der Waals surface area contributed by atoms with Crippen LogP contribution in [0.2, 0.25) is 0 Å². The van der Waals surface area contributed by atoms with E-state index in [9.17, 15) is 4.79 Å². The molecule has 112 valence electrons. The SMILES string of the molecule is C#CCN(CCC)C(=O)C1(N)C2CCCOC2C1(C)C. The molecule has 4 nitrogen and oxygen atoms in total. The lowest BCUT2D eigenvalue weighted by molar-refractivity contribution is -0.229. The van der Waals surface area contributed by atoms with Gasteiger partial charge in [-0.15, -0.1) is 6.42 Å². The summed E-state index contributed by atoms with van der Waals surface area (Å²) in [4.78, 5) is 14.7. The van der Waals surface area contributed by atoms with Gasteiger partial charge in [-0.25, -0.2) is 0 Å². The third-order valence-electron chi connectivity index (χ3n) is 5.10. The first kappa shape index (κ1) is 15.3. The van der Waals surface area contributed by atoms with Gasteiger partial charge in [0.25, 0.3) is 0 Å². The minimum Gasteiger partial charge on any atom is -0.377 e. The quantitative estimate of drug-likeness (QED) is 0.791. The molecule has 1 saturated carbocycles. The lowest BCUT2D eigenvalue weighted by Gasteiger charge is -2.65. The van der Waals surface area contributed by atoms with Crippen molar-refractivity contribution in [3.63, 3.8) is 0 Å². The molecule has 1 amide bonds. The molecule has 0 spiro atoms. The van der Waals surface area contributed by atoms with Crippen LogP contribution in [0.15, 0.2) is 0 Å². The Balaban J connectivity index is 2.24. The smallest absolute Gasteiger partial charge is 0.244 e. The van der Waals surface area contributed by atoms with Crippen molar-refractivity contribution in [2.75, 3.05) is 19.7 Å². The summed E-state index contributed by atoms with van der Waals surface area (Å²) in [5, 5.41) is 0. The maximum Gasteiger partial charge on any atom is 0.244 e. The summed E-state index contributed by atoms with van der Waals surface area (Å²) in [5.41, 5.74) is 5.42. The number of terminal acetylenes is 1. The second-order valence-electron chi connectivity index (χ2n) is 6.56. The summed E-state index contributed by atoms with van der Waals surface area (Å²) in [6.45, 7) is 7.89. The fraction of sp³-hybridized carbons (Fsp3) is 0.812. The van der Waals surface area contributed by atoms with Gasteiger partial charge >= 0.3 is 0 Å². The summed E-state index contributed by atoms with van der Waals surface area (Å²) in [6.07, 6.45) is 8.31. The van der Waals surface area contributed by atoms with Crippen molar-refractivity contribution in [1.29, 1.82) is 0 Å². The van der Waals surface area contributed by atoms with E-state index in [1.54, 1.807) is 4.90 Å². The molecule has 2 N–H and O–H groups in total. The molecule has 3 atom stereocenters. The number of rotatable bonds is 4. The van der Waals surface area contributed by atoms with E-state index in [1.807, 2.05) is 20.8 Å². The van der Waals surface area contributed by atoms with Gasteiger partial charge < -0.3 is 15.4 Å². The molecule has 1 heterocycles. The van der Waals surface area contributed by atoms with Gasteiger partial charge in [-0.3, -0.25) is 4.79 Å². The van der Waals surface area contributed by atoms with Crippen molar-refractivity contribution >= 4 is 5.91 Å². The van der Waals surface area contributed by atoms with Crippen LogP contribution in [0.25, 0.3) is 0 Å². The van der Waals surface area contributed by atoms with Gasteiger partial charge in [-0.2, -0.15) is 0 Å². The van der Waals surface area contributed by atoms with E-state index >= 15 is 0 Å². The number of ether oxygens (including phenoxy) is 1. The van der Waals surface area contributed by atoms with Gasteiger partial charge in [0, 0.05) is 24.5 Å². The first-order valence-corrected chi connectivity index (χ1v) is 7.54. The van der Waals surface area contributed by atoms with Crippen molar-refractivity contribution in [1.82, 2.24) is 4.90 Å². The summed E-state index contributed by atoms with van der Waals surface area (Å²) in [6, 6.07) is 0. The van der Waals surface area contributed by atoms with Gasteiger partial charge in [-0.1, -0.05) is 26.7 Å². The van der Waals surface area contributed by atoms with Crippen LogP contribution in [0.1, 0.15) is 40.0 Å². The molecule has 2 aliphatic rings. The van der Waals surface area contributed by atoms with Crippen LogP contribution in [0.4, 0.5) is 0 Å². The lowest BCUT2D eigenvalue weighted by atomic mass is 9.46. The highest BCUT2D eigenvalue weighted by Crippen LogP contribution is 2.57. The summed E-state index contributed by atoms with van der Waals surface area (Å²) < 4.78 is 5.85. The molecule has 2 rings (SSSR count). The Labute approximate surface area is 122 Å². The maximum atomic E-state index is 12.9. The van der Waals surface area contributed by atoms with Crippen LogP contribution in [-0.2, 0) is 9.53 Å². The van der Waals surface area contributed by atoms with Gasteiger partial charge in [0.05, 0.1) is 12.6 Å². The van der Waals surface area contributed by atoms with Crippen LogP contribution in [0, 0.1) is 23.7 Å². The number of amides is 1. The maximum absolute atomic E-state index is 12.9. The Morgan fingerprint density at radius 2 is 2.25 bits per heavy atom. The summed E-state index contributed by atoms with van der Waals surface area (Å²) in [5.74, 6) is 2.69. The number of carbonyl (C=O) groups excluding carboxylic acids is 1. The van der Waals surface area contributed by atoms with E-state index in [1.165, 1.54) is 0 Å². The Kier molecular flexibility index (Phi) is 4.13. The molecule has 1 aliphatic heterocycles. The molecule has 2 fully saturated rings. The Bertz CT molecular complexity index is 427. The summed E-state index contributed by atoms with van der Waals surface area (Å²) in [7, 11) is 0. The highest BCUT2D eigenvalue weighted by molar-refractivity contribution is 5.89. The average Bonchev–Trinajstić information content (AvgIpc) is 2.45. The number of nitrogens with two attached hydrogens (primary N) is 1. The van der Waals surface area contributed by atoms with Gasteiger partial charge in [0.2, 0.25) is 5.91 Å². The first-order valence-electron chi connectivity index (χ1n) is 7.54. The highest BCUT2D eigenvalue weighted by Gasteiger charge is 2.70. The highest BCUT2D eigenvalue weighted by atomic mass is 16.5. The van der Waals surface area contributed by atoms with Crippen molar-refractivity contribution in [2.45, 2.75) is 51.7 Å². The topological polar surface area (TPSA) is 55.6 Å². The van der Waals surface area contributed by atoms with Gasteiger partial charge in [-0.05, 0) is 19.3 Å². The fourth-order valence-corrected chi connectivity index (χ4v) is 3.90. The molecule has 0 radical (unpaired) electrons. The van der Waals surface area contributed by atoms with Crippen LogP contribution >= 0.6 is 0 Å². The van der Waals surface area contributed by atoms with E-state index in [2.05, 4.69) is 5.92 Å². The standard InChI is InChI=1S/C16H26N2O2/c1-5-9-18(10-6-2)14(19)16(17)12-8-7-11-20-13(12)15(16,3)4/h1,12-13H,6-11,17H2,2-4H3. The molecule has 0 aromatic heterocycles. The molecule has 0 aromatic rings. The number of fused-ring (bicyclic) bond motifs is 1. The predicted molar refractivity (Wildman–Crippen MR) is 78.9 cm³/mol. The number of nitrogens with zero attached hydrogens (tertiary/aromatic N) is 1. The van der Waals surface area contributed by atoms with Crippen LogP contribution in [-0.4, -0.2) is 42.1 Å². The molecule has 4 heteroatoms. The van der Waals surface area contributed by atoms with E-state index in [4.69, 9.17) is 16.9 Å². The predicted octanol–water partition coefficient (Wildman–Crippen LogP) is 1.39. The second-order valence-corrected chi connectivity index (χ2v) is 6.56. The Morgan fingerprint density at radius 1 is 1.55 bits per heavy atom.